The molecule has 0 aromatic heterocycles. The highest BCUT2D eigenvalue weighted by Gasteiger charge is 2.72. The number of carbonyl (C=O) groups is 4. The molecule has 4 saturated carbocycles. The zero-order chi connectivity index (χ0) is 32.1. The SMILES string of the molecule is C[C@]1(C(=O)O)CC[C@]2(C)CC[C@]3(C)C(=CC(=O)[C@@H]4[C@@]5(C)CC[C@H](OC(=O)c6ccccc6)[C@@](C)(C(=O)O)[C@@H]5CC[C@]43C)[C@@H]2C1. The third kappa shape index (κ3) is 3.99. The first-order valence-corrected chi connectivity index (χ1v) is 16.5. The van der Waals surface area contributed by atoms with Gasteiger partial charge in [-0.1, -0.05) is 51.5 Å². The van der Waals surface area contributed by atoms with Crippen LogP contribution in [0.3, 0.4) is 0 Å². The largest absolute Gasteiger partial charge is 0.481 e. The summed E-state index contributed by atoms with van der Waals surface area (Å²) in [5.41, 5.74) is -1.95. The molecule has 0 heterocycles. The van der Waals surface area contributed by atoms with Crippen molar-refractivity contribution in [2.75, 3.05) is 0 Å². The minimum absolute atomic E-state index is 0.0285. The van der Waals surface area contributed by atoms with Crippen LogP contribution in [0, 0.1) is 50.2 Å². The van der Waals surface area contributed by atoms with Crippen LogP contribution in [0.2, 0.25) is 0 Å². The molecule has 0 radical (unpaired) electrons. The van der Waals surface area contributed by atoms with E-state index in [9.17, 15) is 29.4 Å². The number of carboxylic acids is 2. The van der Waals surface area contributed by atoms with E-state index in [-0.39, 0.29) is 34.4 Å². The van der Waals surface area contributed by atoms with Gasteiger partial charge in [0, 0.05) is 5.92 Å². The molecule has 7 nitrogen and oxygen atoms in total. The lowest BCUT2D eigenvalue weighted by Crippen LogP contribution is -2.68. The average Bonchev–Trinajstić information content (AvgIpc) is 2.96. The predicted molar refractivity (Wildman–Crippen MR) is 165 cm³/mol. The summed E-state index contributed by atoms with van der Waals surface area (Å²) in [4.78, 5) is 53.2. The van der Waals surface area contributed by atoms with Gasteiger partial charge in [-0.25, -0.2) is 4.79 Å². The van der Waals surface area contributed by atoms with Crippen LogP contribution in [0.25, 0.3) is 0 Å². The van der Waals surface area contributed by atoms with Crippen molar-refractivity contribution in [1.82, 2.24) is 0 Å². The highest BCUT2D eigenvalue weighted by Crippen LogP contribution is 2.75. The number of rotatable bonds is 4. The fraction of sp³-hybridized carbons (Fsp3) is 0.676. The highest BCUT2D eigenvalue weighted by molar-refractivity contribution is 5.96. The summed E-state index contributed by atoms with van der Waals surface area (Å²) in [7, 11) is 0. The van der Waals surface area contributed by atoms with Crippen LogP contribution in [0.5, 0.6) is 0 Å². The number of ketones is 1. The van der Waals surface area contributed by atoms with Gasteiger partial charge in [0.1, 0.15) is 11.5 Å². The summed E-state index contributed by atoms with van der Waals surface area (Å²) in [6.07, 6.45) is 7.31. The Morgan fingerprint density at radius 1 is 0.818 bits per heavy atom. The fourth-order valence-corrected chi connectivity index (χ4v) is 11.3. The van der Waals surface area contributed by atoms with Crippen LogP contribution < -0.4 is 0 Å². The number of fused-ring (bicyclic) bond motifs is 7. The van der Waals surface area contributed by atoms with E-state index in [4.69, 9.17) is 4.74 Å². The van der Waals surface area contributed by atoms with Crippen molar-refractivity contribution in [2.24, 2.45) is 50.2 Å². The number of hydrogen-bond acceptors (Lipinski definition) is 5. The van der Waals surface area contributed by atoms with Gasteiger partial charge in [-0.2, -0.15) is 0 Å². The molecule has 1 aromatic rings. The molecular formula is C37H48O7. The Kier molecular flexibility index (Phi) is 6.89. The second-order valence-electron chi connectivity index (χ2n) is 16.4. The van der Waals surface area contributed by atoms with Gasteiger partial charge in [-0.15, -0.1) is 0 Å². The highest BCUT2D eigenvalue weighted by atomic mass is 16.5. The van der Waals surface area contributed by atoms with E-state index in [0.717, 1.165) is 24.8 Å². The van der Waals surface area contributed by atoms with Gasteiger partial charge in [0.05, 0.1) is 11.0 Å². The van der Waals surface area contributed by atoms with Crippen molar-refractivity contribution in [2.45, 2.75) is 105 Å². The number of carboxylic acid groups (broad SMARTS) is 2. The molecule has 0 amide bonds. The Morgan fingerprint density at radius 3 is 2.11 bits per heavy atom. The second-order valence-corrected chi connectivity index (χ2v) is 16.4. The van der Waals surface area contributed by atoms with Crippen LogP contribution in [0.1, 0.15) is 110 Å². The molecule has 5 aliphatic rings. The maximum absolute atomic E-state index is 14.6. The van der Waals surface area contributed by atoms with E-state index in [1.807, 2.05) is 19.1 Å². The summed E-state index contributed by atoms with van der Waals surface area (Å²) < 4.78 is 5.99. The van der Waals surface area contributed by atoms with Gasteiger partial charge in [-0.3, -0.25) is 14.4 Å². The van der Waals surface area contributed by atoms with Gasteiger partial charge < -0.3 is 14.9 Å². The Labute approximate surface area is 260 Å². The van der Waals surface area contributed by atoms with E-state index in [0.29, 0.717) is 44.1 Å². The minimum atomic E-state index is -1.35. The number of ether oxygens (including phenoxy) is 1. The molecule has 10 atom stereocenters. The van der Waals surface area contributed by atoms with Gasteiger partial charge in [0.25, 0.3) is 0 Å². The molecule has 5 aliphatic carbocycles. The topological polar surface area (TPSA) is 118 Å². The van der Waals surface area contributed by atoms with Gasteiger partial charge >= 0.3 is 17.9 Å². The molecule has 0 spiro atoms. The van der Waals surface area contributed by atoms with Gasteiger partial charge in [0.15, 0.2) is 5.78 Å². The Bertz CT molecular complexity index is 1450. The molecule has 2 N–H and O–H groups in total. The van der Waals surface area contributed by atoms with E-state index in [1.54, 1.807) is 31.2 Å². The number of hydrogen-bond donors (Lipinski definition) is 2. The van der Waals surface area contributed by atoms with E-state index in [1.165, 1.54) is 0 Å². The number of allylic oxidation sites excluding steroid dienone is 2. The molecular weight excluding hydrogens is 556 g/mol. The maximum atomic E-state index is 14.6. The van der Waals surface area contributed by atoms with Crippen molar-refractivity contribution < 1.29 is 34.1 Å². The van der Waals surface area contributed by atoms with Gasteiger partial charge in [0.2, 0.25) is 0 Å². The van der Waals surface area contributed by atoms with Crippen molar-refractivity contribution in [3.8, 4) is 0 Å². The molecule has 6 rings (SSSR count). The number of esters is 1. The first-order chi connectivity index (χ1) is 20.5. The van der Waals surface area contributed by atoms with E-state index in [2.05, 4.69) is 27.7 Å². The molecule has 44 heavy (non-hydrogen) atoms. The lowest BCUT2D eigenvalue weighted by molar-refractivity contribution is -0.215. The number of aliphatic carboxylic acids is 2. The third-order valence-electron chi connectivity index (χ3n) is 14.4. The first-order valence-electron chi connectivity index (χ1n) is 16.5. The molecule has 0 aliphatic heterocycles. The number of carbonyl (C=O) groups excluding carboxylic acids is 2. The molecule has 1 aromatic carbocycles. The smallest absolute Gasteiger partial charge is 0.338 e. The van der Waals surface area contributed by atoms with E-state index < -0.39 is 45.7 Å². The Hall–Kier alpha value is -2.96. The van der Waals surface area contributed by atoms with Crippen molar-refractivity contribution in [3.63, 3.8) is 0 Å². The predicted octanol–water partition coefficient (Wildman–Crippen LogP) is 7.34. The summed E-state index contributed by atoms with van der Waals surface area (Å²) in [6.45, 7) is 12.5. The zero-order valence-electron chi connectivity index (χ0n) is 27.1. The van der Waals surface area contributed by atoms with Crippen molar-refractivity contribution >= 4 is 23.7 Å². The summed E-state index contributed by atoms with van der Waals surface area (Å²) in [5, 5.41) is 20.9. The maximum Gasteiger partial charge on any atom is 0.338 e. The molecule has 4 fully saturated rings. The van der Waals surface area contributed by atoms with Crippen molar-refractivity contribution in [3.05, 3.63) is 47.5 Å². The first kappa shape index (κ1) is 31.0. The van der Waals surface area contributed by atoms with Crippen molar-refractivity contribution in [1.29, 1.82) is 0 Å². The monoisotopic (exact) mass is 604 g/mol. The molecule has 0 saturated heterocycles. The average molecular weight is 605 g/mol. The summed E-state index contributed by atoms with van der Waals surface area (Å²) in [6, 6.07) is 8.67. The molecule has 7 heteroatoms. The van der Waals surface area contributed by atoms with Gasteiger partial charge in [-0.05, 0) is 123 Å². The third-order valence-corrected chi connectivity index (χ3v) is 14.4. The summed E-state index contributed by atoms with van der Waals surface area (Å²) >= 11 is 0. The van der Waals surface area contributed by atoms with E-state index >= 15 is 0 Å². The van der Waals surface area contributed by atoms with Crippen LogP contribution in [0.15, 0.2) is 42.0 Å². The second kappa shape index (κ2) is 9.77. The number of benzene rings is 1. The molecule has 0 bridgehead atoms. The zero-order valence-corrected chi connectivity index (χ0v) is 27.1. The minimum Gasteiger partial charge on any atom is -0.481 e. The molecule has 238 valence electrons. The Morgan fingerprint density at radius 2 is 1.48 bits per heavy atom. The standard InChI is InChI=1S/C37H48O7/c1-32-16-17-33(2,30(40)41)21-24(32)23-20-25(38)28-34(3)14-13-27(44-29(39)22-10-8-7-9-11-22)37(6,31(42)43)26(34)12-15-36(28,5)35(23,4)19-18-32/h7-11,20,24,26-28H,12-19,21H2,1-6H3,(H,40,41)(H,42,43)/t24-,26+,27-,28+,32+,33-,34-,35+,36+,37-/m0/s1. The summed E-state index contributed by atoms with van der Waals surface area (Å²) in [5.74, 6) is -2.90. The molecule has 0 unspecified atom stereocenters. The Balaban J connectivity index is 1.39. The lowest BCUT2D eigenvalue weighted by Gasteiger charge is -2.70. The lowest BCUT2D eigenvalue weighted by atomic mass is 9.33. The quantitative estimate of drug-likeness (QED) is 0.345. The van der Waals surface area contributed by atoms with Crippen LogP contribution in [-0.2, 0) is 19.1 Å². The fourth-order valence-electron chi connectivity index (χ4n) is 11.3. The van der Waals surface area contributed by atoms with Crippen LogP contribution >= 0.6 is 0 Å². The normalized spacial score (nSPS) is 46.3. The van der Waals surface area contributed by atoms with Crippen LogP contribution in [-0.4, -0.2) is 40.0 Å². The van der Waals surface area contributed by atoms with Crippen LogP contribution in [0.4, 0.5) is 0 Å².